The molecule has 0 saturated heterocycles. The van der Waals surface area contributed by atoms with Gasteiger partial charge in [-0.05, 0) is 49.2 Å². The second-order valence-corrected chi connectivity index (χ2v) is 8.87. The second-order valence-electron chi connectivity index (χ2n) is 7.22. The molecule has 1 heterocycles. The highest BCUT2D eigenvalue weighted by atomic mass is 32.2. The number of anilines is 2. The van der Waals surface area contributed by atoms with Crippen LogP contribution in [0, 0.1) is 13.8 Å². The van der Waals surface area contributed by atoms with E-state index in [1.54, 1.807) is 62.4 Å². The van der Waals surface area contributed by atoms with E-state index in [9.17, 15) is 13.2 Å². The molecule has 1 aromatic heterocycles. The van der Waals surface area contributed by atoms with Crippen LogP contribution in [0.2, 0.25) is 0 Å². The molecule has 10 heteroatoms. The minimum Gasteiger partial charge on any atom is -0.497 e. The number of aromatic nitrogens is 1. The highest BCUT2D eigenvalue weighted by Gasteiger charge is 2.20. The lowest BCUT2D eigenvalue weighted by Gasteiger charge is -2.14. The number of carbonyl (C=O) groups is 1. The van der Waals surface area contributed by atoms with Crippen molar-refractivity contribution < 1.29 is 27.2 Å². The van der Waals surface area contributed by atoms with Crippen LogP contribution < -0.4 is 19.5 Å². The minimum absolute atomic E-state index is 0.102. The summed E-state index contributed by atoms with van der Waals surface area (Å²) >= 11 is 0. The standard InChI is InChI=1S/C23H25N3O6S/c1-14-6-7-17(8-10-21-23(24-16(3)27)15(2)25-32-21)12-22(14)33(28,29)26-19-13-18(30-4)9-11-20(19)31-5/h6-13,26H,1-5H3,(H,24,27). The van der Waals surface area contributed by atoms with E-state index in [0.717, 1.165) is 0 Å². The summed E-state index contributed by atoms with van der Waals surface area (Å²) in [6.07, 6.45) is 3.29. The molecule has 0 fully saturated rings. The van der Waals surface area contributed by atoms with Gasteiger partial charge in [0.15, 0.2) is 5.76 Å². The molecule has 1 amide bonds. The Balaban J connectivity index is 1.93. The monoisotopic (exact) mass is 471 g/mol. The Morgan fingerprint density at radius 1 is 1.06 bits per heavy atom. The quantitative estimate of drug-likeness (QED) is 0.504. The number of carbonyl (C=O) groups excluding carboxylic acids is 1. The first kappa shape index (κ1) is 23.9. The molecule has 0 aliphatic rings. The summed E-state index contributed by atoms with van der Waals surface area (Å²) in [5.74, 6) is 0.948. The fourth-order valence-corrected chi connectivity index (χ4v) is 4.45. The number of sulfonamides is 1. The van der Waals surface area contributed by atoms with Gasteiger partial charge >= 0.3 is 0 Å². The van der Waals surface area contributed by atoms with Crippen molar-refractivity contribution in [3.8, 4) is 11.5 Å². The first-order valence-electron chi connectivity index (χ1n) is 9.92. The lowest BCUT2D eigenvalue weighted by molar-refractivity contribution is -0.114. The molecule has 0 atom stereocenters. The van der Waals surface area contributed by atoms with E-state index in [0.29, 0.717) is 39.8 Å². The predicted molar refractivity (Wildman–Crippen MR) is 126 cm³/mol. The van der Waals surface area contributed by atoms with Gasteiger partial charge < -0.3 is 19.3 Å². The van der Waals surface area contributed by atoms with Crippen molar-refractivity contribution in [1.82, 2.24) is 5.16 Å². The molecule has 0 spiro atoms. The van der Waals surface area contributed by atoms with Crippen LogP contribution in [0.3, 0.4) is 0 Å². The third-order valence-electron chi connectivity index (χ3n) is 4.77. The number of ether oxygens (including phenoxy) is 2. The largest absolute Gasteiger partial charge is 0.497 e. The molecule has 0 radical (unpaired) electrons. The summed E-state index contributed by atoms with van der Waals surface area (Å²) in [7, 11) is -0.991. The first-order chi connectivity index (χ1) is 15.6. The maximum atomic E-state index is 13.2. The average molecular weight is 472 g/mol. The molecule has 0 unspecified atom stereocenters. The molecular weight excluding hydrogens is 446 g/mol. The Morgan fingerprint density at radius 3 is 2.48 bits per heavy atom. The maximum absolute atomic E-state index is 13.2. The van der Waals surface area contributed by atoms with Gasteiger partial charge in [0.25, 0.3) is 10.0 Å². The second kappa shape index (κ2) is 9.78. The maximum Gasteiger partial charge on any atom is 0.262 e. The van der Waals surface area contributed by atoms with Crippen molar-refractivity contribution in [2.45, 2.75) is 25.7 Å². The molecule has 3 aromatic rings. The van der Waals surface area contributed by atoms with E-state index in [2.05, 4.69) is 15.2 Å². The fraction of sp³-hybridized carbons (Fsp3) is 0.217. The fourth-order valence-electron chi connectivity index (χ4n) is 3.10. The van der Waals surface area contributed by atoms with E-state index < -0.39 is 10.0 Å². The van der Waals surface area contributed by atoms with Gasteiger partial charge in [-0.25, -0.2) is 8.42 Å². The zero-order valence-corrected chi connectivity index (χ0v) is 19.7. The molecule has 0 aliphatic carbocycles. The van der Waals surface area contributed by atoms with Gasteiger partial charge in [0.2, 0.25) is 5.91 Å². The van der Waals surface area contributed by atoms with Gasteiger partial charge in [0.1, 0.15) is 22.9 Å². The number of aryl methyl sites for hydroxylation is 2. The lowest BCUT2D eigenvalue weighted by Crippen LogP contribution is -2.15. The van der Waals surface area contributed by atoms with Gasteiger partial charge in [0, 0.05) is 13.0 Å². The molecule has 33 heavy (non-hydrogen) atoms. The van der Waals surface area contributed by atoms with Crippen LogP contribution in [0.4, 0.5) is 11.4 Å². The van der Waals surface area contributed by atoms with E-state index in [1.165, 1.54) is 21.1 Å². The number of amides is 1. The molecule has 0 bridgehead atoms. The van der Waals surface area contributed by atoms with Crippen LogP contribution >= 0.6 is 0 Å². The number of hydrogen-bond donors (Lipinski definition) is 2. The van der Waals surface area contributed by atoms with Crippen LogP contribution in [-0.2, 0) is 14.8 Å². The Hall–Kier alpha value is -3.79. The Kier molecular flexibility index (Phi) is 7.07. The Labute approximate surface area is 192 Å². The normalized spacial score (nSPS) is 11.4. The molecule has 9 nitrogen and oxygen atoms in total. The number of rotatable bonds is 8. The van der Waals surface area contributed by atoms with Crippen molar-refractivity contribution >= 4 is 39.5 Å². The van der Waals surface area contributed by atoms with Gasteiger partial charge in [-0.1, -0.05) is 23.4 Å². The predicted octanol–water partition coefficient (Wildman–Crippen LogP) is 4.24. The van der Waals surface area contributed by atoms with E-state index in [1.807, 2.05) is 0 Å². The molecule has 3 rings (SSSR count). The topological polar surface area (TPSA) is 120 Å². The van der Waals surface area contributed by atoms with Crippen molar-refractivity contribution in [3.63, 3.8) is 0 Å². The van der Waals surface area contributed by atoms with Crippen LogP contribution in [-0.4, -0.2) is 33.7 Å². The van der Waals surface area contributed by atoms with Crippen molar-refractivity contribution in [3.05, 3.63) is 59.0 Å². The number of methoxy groups -OCH3 is 2. The number of benzene rings is 2. The third-order valence-corrected chi connectivity index (χ3v) is 6.28. The zero-order valence-electron chi connectivity index (χ0n) is 18.9. The molecule has 174 valence electrons. The van der Waals surface area contributed by atoms with E-state index in [-0.39, 0.29) is 16.5 Å². The number of hydrogen-bond acceptors (Lipinski definition) is 7. The summed E-state index contributed by atoms with van der Waals surface area (Å²) in [5, 5.41) is 6.54. The third kappa shape index (κ3) is 5.53. The van der Waals surface area contributed by atoms with Crippen molar-refractivity contribution in [2.75, 3.05) is 24.3 Å². The summed E-state index contributed by atoms with van der Waals surface area (Å²) < 4.78 is 44.7. The van der Waals surface area contributed by atoms with Gasteiger partial charge in [-0.2, -0.15) is 0 Å². The zero-order chi connectivity index (χ0) is 24.2. The minimum atomic E-state index is -3.94. The molecule has 2 N–H and O–H groups in total. The molecule has 0 saturated carbocycles. The van der Waals surface area contributed by atoms with Crippen molar-refractivity contribution in [1.29, 1.82) is 0 Å². The van der Waals surface area contributed by atoms with Gasteiger partial charge in [0.05, 0.1) is 24.8 Å². The SMILES string of the molecule is COc1ccc(OC)c(NS(=O)(=O)c2cc(C=Cc3onc(C)c3NC(C)=O)ccc2C)c1. The highest BCUT2D eigenvalue weighted by molar-refractivity contribution is 7.92. The molecule has 2 aromatic carbocycles. The van der Waals surface area contributed by atoms with E-state index in [4.69, 9.17) is 14.0 Å². The van der Waals surface area contributed by atoms with E-state index >= 15 is 0 Å². The molecular formula is C23H25N3O6S. The summed E-state index contributed by atoms with van der Waals surface area (Å²) in [6, 6.07) is 9.87. The number of nitrogens with one attached hydrogen (secondary N) is 2. The summed E-state index contributed by atoms with van der Waals surface area (Å²) in [4.78, 5) is 11.5. The van der Waals surface area contributed by atoms with Gasteiger partial charge in [-0.15, -0.1) is 0 Å². The Morgan fingerprint density at radius 2 is 1.82 bits per heavy atom. The molecule has 0 aliphatic heterocycles. The smallest absolute Gasteiger partial charge is 0.262 e. The van der Waals surface area contributed by atoms with Crippen LogP contribution in [0.1, 0.15) is 29.5 Å². The highest BCUT2D eigenvalue weighted by Crippen LogP contribution is 2.32. The first-order valence-corrected chi connectivity index (χ1v) is 11.4. The van der Waals surface area contributed by atoms with Crippen LogP contribution in [0.15, 0.2) is 45.8 Å². The average Bonchev–Trinajstić information content (AvgIpc) is 3.11. The van der Waals surface area contributed by atoms with Crippen LogP contribution in [0.5, 0.6) is 11.5 Å². The van der Waals surface area contributed by atoms with Crippen molar-refractivity contribution in [2.24, 2.45) is 0 Å². The Bertz CT molecular complexity index is 1310. The number of nitrogens with zero attached hydrogens (tertiary/aromatic N) is 1. The lowest BCUT2D eigenvalue weighted by atomic mass is 10.1. The summed E-state index contributed by atoms with van der Waals surface area (Å²) in [5.41, 5.74) is 2.44. The van der Waals surface area contributed by atoms with Gasteiger partial charge in [-0.3, -0.25) is 9.52 Å². The van der Waals surface area contributed by atoms with Crippen LogP contribution in [0.25, 0.3) is 12.2 Å². The summed E-state index contributed by atoms with van der Waals surface area (Å²) in [6.45, 7) is 4.81.